The Morgan fingerprint density at radius 3 is 2.67 bits per heavy atom. The van der Waals surface area contributed by atoms with Crippen molar-refractivity contribution in [2.75, 3.05) is 13.2 Å². The summed E-state index contributed by atoms with van der Waals surface area (Å²) in [6, 6.07) is 5.03. The largest absolute Gasteiger partial charge is 0.506 e. The van der Waals surface area contributed by atoms with Crippen LogP contribution in [0, 0.1) is 5.92 Å². The zero-order valence-corrected chi connectivity index (χ0v) is 15.5. The first-order valence-electron chi connectivity index (χ1n) is 8.88. The third-order valence-electron chi connectivity index (χ3n) is 4.69. The van der Waals surface area contributed by atoms with Crippen LogP contribution in [-0.4, -0.2) is 35.2 Å². The number of ether oxygens (including phenoxy) is 1. The molecule has 1 aliphatic carbocycles. The number of hydrogen-bond acceptors (Lipinski definition) is 6. The van der Waals surface area contributed by atoms with Gasteiger partial charge in [-0.1, -0.05) is 30.6 Å². The molecule has 2 aromatic rings. The van der Waals surface area contributed by atoms with E-state index in [9.17, 15) is 19.5 Å². The SMILES string of the molecule is O=C(O)CNC(=O)c1c(O)c2cc(OCC3CCCCC3)ccc2sc1=O. The van der Waals surface area contributed by atoms with Gasteiger partial charge in [0.1, 0.15) is 23.6 Å². The number of hydrogen-bond donors (Lipinski definition) is 3. The second-order valence-corrected chi connectivity index (χ2v) is 7.68. The number of nitrogens with one attached hydrogen (secondary N) is 1. The number of aromatic hydroxyl groups is 1. The molecule has 144 valence electrons. The van der Waals surface area contributed by atoms with Crippen LogP contribution in [0.2, 0.25) is 0 Å². The fraction of sp³-hybridized carbons (Fsp3) is 0.421. The summed E-state index contributed by atoms with van der Waals surface area (Å²) in [7, 11) is 0. The molecule has 1 saturated carbocycles. The maximum atomic E-state index is 12.2. The molecule has 1 aliphatic rings. The molecule has 3 N–H and O–H groups in total. The molecule has 0 unspecified atom stereocenters. The Balaban J connectivity index is 1.84. The highest BCUT2D eigenvalue weighted by molar-refractivity contribution is 7.16. The smallest absolute Gasteiger partial charge is 0.322 e. The fourth-order valence-electron chi connectivity index (χ4n) is 3.27. The molecular formula is C19H21NO6S. The highest BCUT2D eigenvalue weighted by Crippen LogP contribution is 2.32. The highest BCUT2D eigenvalue weighted by atomic mass is 32.1. The van der Waals surface area contributed by atoms with Crippen molar-refractivity contribution in [3.8, 4) is 11.5 Å². The van der Waals surface area contributed by atoms with Crippen molar-refractivity contribution in [1.82, 2.24) is 5.32 Å². The Morgan fingerprint density at radius 2 is 1.96 bits per heavy atom. The van der Waals surface area contributed by atoms with Crippen LogP contribution < -0.4 is 14.8 Å². The summed E-state index contributed by atoms with van der Waals surface area (Å²) in [5.74, 6) is -1.53. The minimum atomic E-state index is -1.24. The molecule has 1 fully saturated rings. The number of amides is 1. The monoisotopic (exact) mass is 391 g/mol. The first-order valence-corrected chi connectivity index (χ1v) is 9.70. The average molecular weight is 391 g/mol. The second kappa shape index (κ2) is 8.39. The molecule has 7 nitrogen and oxygen atoms in total. The van der Waals surface area contributed by atoms with Crippen LogP contribution in [0.1, 0.15) is 42.5 Å². The predicted molar refractivity (Wildman–Crippen MR) is 102 cm³/mol. The van der Waals surface area contributed by atoms with Gasteiger partial charge in [-0.15, -0.1) is 0 Å². The lowest BCUT2D eigenvalue weighted by atomic mass is 9.90. The van der Waals surface area contributed by atoms with E-state index in [1.165, 1.54) is 19.3 Å². The minimum Gasteiger partial charge on any atom is -0.506 e. The summed E-state index contributed by atoms with van der Waals surface area (Å²) < 4.78 is 5.75. The first-order chi connectivity index (χ1) is 13.0. The number of benzene rings is 1. The average Bonchev–Trinajstić information content (AvgIpc) is 2.66. The third kappa shape index (κ3) is 4.57. The molecule has 0 atom stereocenters. The van der Waals surface area contributed by atoms with Crippen molar-refractivity contribution >= 4 is 33.3 Å². The quantitative estimate of drug-likeness (QED) is 0.698. The van der Waals surface area contributed by atoms with Gasteiger partial charge in [-0.2, -0.15) is 0 Å². The van der Waals surface area contributed by atoms with E-state index in [1.807, 2.05) is 0 Å². The van der Waals surface area contributed by atoms with Crippen LogP contribution in [0.4, 0.5) is 0 Å². The standard InChI is InChI=1S/C19H21NO6S/c21-15(22)9-20-18(24)16-17(23)13-8-12(6-7-14(13)27-19(16)25)26-10-11-4-2-1-3-5-11/h6-8,11,23H,1-5,9-10H2,(H,20,24)(H,21,22). The van der Waals surface area contributed by atoms with Crippen molar-refractivity contribution < 1.29 is 24.5 Å². The maximum absolute atomic E-state index is 12.2. The summed E-state index contributed by atoms with van der Waals surface area (Å²) in [6.45, 7) is -0.0355. The fourth-order valence-corrected chi connectivity index (χ4v) is 4.16. The Morgan fingerprint density at radius 1 is 1.22 bits per heavy atom. The molecule has 1 aromatic carbocycles. The van der Waals surface area contributed by atoms with Crippen LogP contribution in [-0.2, 0) is 4.79 Å². The van der Waals surface area contributed by atoms with Crippen molar-refractivity contribution in [3.63, 3.8) is 0 Å². The van der Waals surface area contributed by atoms with Crippen LogP contribution in [0.3, 0.4) is 0 Å². The zero-order valence-electron chi connectivity index (χ0n) is 14.7. The van der Waals surface area contributed by atoms with E-state index in [4.69, 9.17) is 9.84 Å². The van der Waals surface area contributed by atoms with Gasteiger partial charge in [0.25, 0.3) is 5.91 Å². The Labute approximate surface area is 159 Å². The molecule has 0 aliphatic heterocycles. The van der Waals surface area contributed by atoms with E-state index in [2.05, 4.69) is 5.32 Å². The van der Waals surface area contributed by atoms with Crippen LogP contribution >= 0.6 is 11.3 Å². The van der Waals surface area contributed by atoms with E-state index in [0.717, 1.165) is 24.2 Å². The predicted octanol–water partition coefficient (Wildman–Crippen LogP) is 2.74. The normalized spacial score (nSPS) is 14.8. The van der Waals surface area contributed by atoms with Crippen LogP contribution in [0.25, 0.3) is 10.1 Å². The maximum Gasteiger partial charge on any atom is 0.322 e. The number of fused-ring (bicyclic) bond motifs is 1. The summed E-state index contributed by atoms with van der Waals surface area (Å²) in [6.07, 6.45) is 6.00. The lowest BCUT2D eigenvalue weighted by Gasteiger charge is -2.21. The minimum absolute atomic E-state index is 0.334. The number of aliphatic carboxylic acids is 1. The van der Waals surface area contributed by atoms with E-state index in [0.29, 0.717) is 28.4 Å². The van der Waals surface area contributed by atoms with Gasteiger partial charge in [-0.3, -0.25) is 14.4 Å². The number of carbonyl (C=O) groups excluding carboxylic acids is 1. The van der Waals surface area contributed by atoms with Crippen molar-refractivity contribution in [2.24, 2.45) is 5.92 Å². The topological polar surface area (TPSA) is 113 Å². The van der Waals surface area contributed by atoms with Gasteiger partial charge in [0, 0.05) is 10.1 Å². The van der Waals surface area contributed by atoms with Gasteiger partial charge in [0.15, 0.2) is 0 Å². The van der Waals surface area contributed by atoms with Gasteiger partial charge >= 0.3 is 5.97 Å². The van der Waals surface area contributed by atoms with E-state index >= 15 is 0 Å². The van der Waals surface area contributed by atoms with Gasteiger partial charge in [-0.05, 0) is 37.0 Å². The van der Waals surface area contributed by atoms with Crippen molar-refractivity contribution in [1.29, 1.82) is 0 Å². The van der Waals surface area contributed by atoms with Gasteiger partial charge in [0.05, 0.1) is 6.61 Å². The molecule has 1 amide bonds. The number of carboxylic acids is 1. The molecule has 0 radical (unpaired) electrons. The summed E-state index contributed by atoms with van der Waals surface area (Å²) in [5.41, 5.74) is -0.446. The zero-order chi connectivity index (χ0) is 19.4. The lowest BCUT2D eigenvalue weighted by molar-refractivity contribution is -0.135. The Kier molecular flexibility index (Phi) is 5.95. The Hall–Kier alpha value is -2.61. The molecule has 1 aromatic heterocycles. The number of carboxylic acid groups (broad SMARTS) is 1. The van der Waals surface area contributed by atoms with Crippen LogP contribution in [0.5, 0.6) is 11.5 Å². The first kappa shape index (κ1) is 19.2. The van der Waals surface area contributed by atoms with Crippen molar-refractivity contribution in [2.45, 2.75) is 32.1 Å². The number of rotatable bonds is 6. The molecule has 0 spiro atoms. The molecule has 8 heteroatoms. The Bertz CT molecular complexity index is 916. The second-order valence-electron chi connectivity index (χ2n) is 6.66. The number of carbonyl (C=O) groups is 2. The highest BCUT2D eigenvalue weighted by Gasteiger charge is 2.20. The summed E-state index contributed by atoms with van der Waals surface area (Å²) in [4.78, 5) is 34.9. The molecule has 27 heavy (non-hydrogen) atoms. The molecule has 3 rings (SSSR count). The van der Waals surface area contributed by atoms with E-state index in [-0.39, 0.29) is 0 Å². The third-order valence-corrected chi connectivity index (χ3v) is 5.65. The van der Waals surface area contributed by atoms with Crippen LogP contribution in [0.15, 0.2) is 23.0 Å². The van der Waals surface area contributed by atoms with Crippen molar-refractivity contribution in [3.05, 3.63) is 33.3 Å². The summed E-state index contributed by atoms with van der Waals surface area (Å²) in [5, 5.41) is 21.5. The summed E-state index contributed by atoms with van der Waals surface area (Å²) >= 11 is 0.821. The van der Waals surface area contributed by atoms with Gasteiger partial charge < -0.3 is 20.3 Å². The molecule has 0 saturated heterocycles. The van der Waals surface area contributed by atoms with E-state index < -0.39 is 34.5 Å². The molecule has 1 heterocycles. The van der Waals surface area contributed by atoms with Gasteiger partial charge in [-0.25, -0.2) is 0 Å². The molecule has 0 bridgehead atoms. The molecular weight excluding hydrogens is 370 g/mol. The van der Waals surface area contributed by atoms with Gasteiger partial charge in [0.2, 0.25) is 4.74 Å². The lowest BCUT2D eigenvalue weighted by Crippen LogP contribution is -2.32. The van der Waals surface area contributed by atoms with E-state index in [1.54, 1.807) is 18.2 Å².